The third kappa shape index (κ3) is 4.40. The fourth-order valence-electron chi connectivity index (χ4n) is 5.12. The second-order valence-electron chi connectivity index (χ2n) is 8.77. The molecule has 5 rings (SSSR count). The highest BCUT2D eigenvalue weighted by atomic mass is 32.1. The van der Waals surface area contributed by atoms with Gasteiger partial charge in [-0.2, -0.15) is 0 Å². The number of nitrogens with zero attached hydrogens (tertiary/aromatic N) is 4. The van der Waals surface area contributed by atoms with Crippen LogP contribution in [0.15, 0.2) is 60.8 Å². The van der Waals surface area contributed by atoms with Gasteiger partial charge in [0.05, 0.1) is 31.0 Å². The summed E-state index contributed by atoms with van der Waals surface area (Å²) in [5, 5.41) is 4.39. The van der Waals surface area contributed by atoms with Crippen LogP contribution in [0.25, 0.3) is 5.69 Å². The molecule has 2 aromatic heterocycles. The van der Waals surface area contributed by atoms with Gasteiger partial charge in [0.15, 0.2) is 5.11 Å². The van der Waals surface area contributed by atoms with Crippen molar-refractivity contribution in [1.29, 1.82) is 0 Å². The topological polar surface area (TPSA) is 45.6 Å². The Morgan fingerprint density at radius 1 is 1.03 bits per heavy atom. The number of aryl methyl sites for hydroxylation is 1. The first-order valence-electron chi connectivity index (χ1n) is 11.7. The highest BCUT2D eigenvalue weighted by molar-refractivity contribution is 7.80. The third-order valence-electron chi connectivity index (χ3n) is 6.76. The largest absolute Gasteiger partial charge is 0.379 e. The van der Waals surface area contributed by atoms with E-state index in [2.05, 4.69) is 81.0 Å². The van der Waals surface area contributed by atoms with Crippen molar-refractivity contribution in [2.24, 2.45) is 0 Å². The van der Waals surface area contributed by atoms with E-state index in [1.54, 1.807) is 0 Å². The van der Waals surface area contributed by atoms with E-state index in [1.165, 1.54) is 22.6 Å². The number of rotatable bonds is 6. The van der Waals surface area contributed by atoms with Crippen molar-refractivity contribution in [3.05, 3.63) is 83.4 Å². The Morgan fingerprint density at radius 3 is 2.52 bits per heavy atom. The minimum atomic E-state index is 0.00751. The zero-order chi connectivity index (χ0) is 22.8. The molecule has 33 heavy (non-hydrogen) atoms. The number of hydrogen-bond donors (Lipinski definition) is 1. The van der Waals surface area contributed by atoms with Gasteiger partial charge in [-0.25, -0.2) is 0 Å². The number of pyridine rings is 1. The first kappa shape index (κ1) is 22.1. The summed E-state index contributed by atoms with van der Waals surface area (Å²) in [6.45, 7) is 9.80. The minimum absolute atomic E-state index is 0.00751. The highest BCUT2D eigenvalue weighted by Crippen LogP contribution is 2.41. The first-order valence-corrected chi connectivity index (χ1v) is 12.1. The third-order valence-corrected chi connectivity index (χ3v) is 7.11. The van der Waals surface area contributed by atoms with Crippen LogP contribution in [0.2, 0.25) is 0 Å². The summed E-state index contributed by atoms with van der Waals surface area (Å²) in [5.74, 6) is 0. The number of para-hydroxylation sites is 1. The smallest absolute Gasteiger partial charge is 0.170 e. The molecule has 0 amide bonds. The molecule has 0 aliphatic carbocycles. The Hall–Kier alpha value is -2.74. The van der Waals surface area contributed by atoms with E-state index in [0.717, 1.165) is 50.2 Å². The maximum Gasteiger partial charge on any atom is 0.170 e. The van der Waals surface area contributed by atoms with Crippen molar-refractivity contribution in [3.8, 4) is 5.69 Å². The molecule has 1 aromatic carbocycles. The Bertz CT molecular complexity index is 1090. The summed E-state index contributed by atoms with van der Waals surface area (Å²) < 4.78 is 7.87. The second kappa shape index (κ2) is 9.63. The predicted molar refractivity (Wildman–Crippen MR) is 135 cm³/mol. The van der Waals surface area contributed by atoms with E-state index >= 15 is 0 Å². The average Bonchev–Trinajstić information content (AvgIpc) is 3.34. The molecule has 2 atom stereocenters. The molecule has 1 N–H and O–H groups in total. The Labute approximate surface area is 201 Å². The lowest BCUT2D eigenvalue weighted by Crippen LogP contribution is -2.42. The Kier molecular flexibility index (Phi) is 6.44. The number of morpholine rings is 1. The van der Waals surface area contributed by atoms with Gasteiger partial charge in [-0.3, -0.25) is 9.88 Å². The Morgan fingerprint density at radius 2 is 1.79 bits per heavy atom. The molecule has 2 unspecified atom stereocenters. The summed E-state index contributed by atoms with van der Waals surface area (Å²) in [4.78, 5) is 9.52. The molecule has 0 radical (unpaired) electrons. The van der Waals surface area contributed by atoms with Crippen molar-refractivity contribution in [1.82, 2.24) is 24.7 Å². The van der Waals surface area contributed by atoms with E-state index in [0.29, 0.717) is 0 Å². The molecule has 172 valence electrons. The van der Waals surface area contributed by atoms with Crippen molar-refractivity contribution in [2.45, 2.75) is 25.9 Å². The van der Waals surface area contributed by atoms with Crippen LogP contribution in [0.5, 0.6) is 0 Å². The zero-order valence-electron chi connectivity index (χ0n) is 19.3. The molecule has 3 aromatic rings. The minimum Gasteiger partial charge on any atom is -0.379 e. The predicted octanol–water partition coefficient (Wildman–Crippen LogP) is 3.79. The van der Waals surface area contributed by atoms with Crippen molar-refractivity contribution in [2.75, 3.05) is 39.4 Å². The van der Waals surface area contributed by atoms with E-state index in [4.69, 9.17) is 17.0 Å². The van der Waals surface area contributed by atoms with Crippen LogP contribution in [0.1, 0.15) is 34.7 Å². The van der Waals surface area contributed by atoms with Gasteiger partial charge in [-0.15, -0.1) is 0 Å². The molecule has 0 saturated carbocycles. The average molecular weight is 462 g/mol. The van der Waals surface area contributed by atoms with Gasteiger partial charge in [-0.05, 0) is 62.0 Å². The van der Waals surface area contributed by atoms with Crippen molar-refractivity contribution >= 4 is 17.3 Å². The van der Waals surface area contributed by atoms with Crippen LogP contribution >= 0.6 is 12.2 Å². The monoisotopic (exact) mass is 461 g/mol. The number of aromatic nitrogens is 2. The summed E-state index contributed by atoms with van der Waals surface area (Å²) in [5.41, 5.74) is 5.96. The normalized spacial score (nSPS) is 21.4. The first-order chi connectivity index (χ1) is 16.1. The molecule has 2 aliphatic heterocycles. The van der Waals surface area contributed by atoms with Gasteiger partial charge < -0.3 is 19.5 Å². The lowest BCUT2D eigenvalue weighted by atomic mass is 9.96. The van der Waals surface area contributed by atoms with Crippen LogP contribution in [-0.4, -0.2) is 63.9 Å². The van der Waals surface area contributed by atoms with E-state index < -0.39 is 0 Å². The summed E-state index contributed by atoms with van der Waals surface area (Å²) in [6, 6.07) is 19.1. The van der Waals surface area contributed by atoms with E-state index in [1.807, 2.05) is 18.3 Å². The summed E-state index contributed by atoms with van der Waals surface area (Å²) in [6.07, 6.45) is 1.86. The summed E-state index contributed by atoms with van der Waals surface area (Å²) in [7, 11) is 0. The molecule has 6 nitrogen and oxygen atoms in total. The van der Waals surface area contributed by atoms with Crippen molar-refractivity contribution in [3.63, 3.8) is 0 Å². The standard InChI is InChI=1S/C26H31N5OS/c1-19-18-22(20(2)31(19)21-8-4-3-5-9-21)25-24(23-10-6-7-11-27-23)28-26(33)30(25)13-12-29-14-16-32-17-15-29/h3-11,18,24-25H,12-17H2,1-2H3,(H,28,33). The van der Waals surface area contributed by atoms with Crippen LogP contribution in [-0.2, 0) is 4.74 Å². The Balaban J connectivity index is 1.52. The molecule has 0 bridgehead atoms. The van der Waals surface area contributed by atoms with E-state index in [-0.39, 0.29) is 12.1 Å². The van der Waals surface area contributed by atoms with Gasteiger partial charge in [0.25, 0.3) is 0 Å². The number of nitrogens with one attached hydrogen (secondary N) is 1. The molecule has 0 spiro atoms. The van der Waals surface area contributed by atoms with Gasteiger partial charge in [0, 0.05) is 49.5 Å². The zero-order valence-corrected chi connectivity index (χ0v) is 20.1. The van der Waals surface area contributed by atoms with Gasteiger partial charge in [-0.1, -0.05) is 24.3 Å². The van der Waals surface area contributed by atoms with Gasteiger partial charge in [0.2, 0.25) is 0 Å². The molecule has 7 heteroatoms. The maximum atomic E-state index is 5.87. The van der Waals surface area contributed by atoms with Crippen molar-refractivity contribution < 1.29 is 4.74 Å². The lowest BCUT2D eigenvalue weighted by Gasteiger charge is -2.32. The fraction of sp³-hybridized carbons (Fsp3) is 0.385. The molecule has 2 fully saturated rings. The van der Waals surface area contributed by atoms with Crippen LogP contribution in [0, 0.1) is 13.8 Å². The number of ether oxygens (including phenoxy) is 1. The number of benzene rings is 1. The quantitative estimate of drug-likeness (QED) is 0.564. The molecular weight excluding hydrogens is 430 g/mol. The van der Waals surface area contributed by atoms with Gasteiger partial charge >= 0.3 is 0 Å². The van der Waals surface area contributed by atoms with Crippen LogP contribution in [0.3, 0.4) is 0 Å². The second-order valence-corrected chi connectivity index (χ2v) is 9.16. The maximum absolute atomic E-state index is 5.87. The van der Waals surface area contributed by atoms with E-state index in [9.17, 15) is 0 Å². The van der Waals surface area contributed by atoms with Crippen LogP contribution in [0.4, 0.5) is 0 Å². The lowest BCUT2D eigenvalue weighted by molar-refractivity contribution is 0.0350. The van der Waals surface area contributed by atoms with Crippen LogP contribution < -0.4 is 5.32 Å². The number of hydrogen-bond acceptors (Lipinski definition) is 4. The summed E-state index contributed by atoms with van der Waals surface area (Å²) >= 11 is 5.87. The SMILES string of the molecule is Cc1cc(C2C(c3ccccn3)NC(=S)N2CCN2CCOCC2)c(C)n1-c1ccccc1. The molecular formula is C26H31N5OS. The fourth-order valence-corrected chi connectivity index (χ4v) is 5.45. The van der Waals surface area contributed by atoms with Gasteiger partial charge in [0.1, 0.15) is 0 Å². The highest BCUT2D eigenvalue weighted by Gasteiger charge is 2.41. The molecule has 2 aliphatic rings. The molecule has 2 saturated heterocycles. The number of thiocarbonyl (C=S) groups is 1. The molecule has 4 heterocycles.